The van der Waals surface area contributed by atoms with Gasteiger partial charge in [0, 0.05) is 5.88 Å². The first-order valence-corrected chi connectivity index (χ1v) is 6.41. The van der Waals surface area contributed by atoms with Gasteiger partial charge in [-0.25, -0.2) is 0 Å². The zero-order valence-corrected chi connectivity index (χ0v) is 11.4. The molecule has 108 valence electrons. The maximum atomic E-state index is 13.0. The van der Waals surface area contributed by atoms with Gasteiger partial charge in [-0.2, -0.15) is 18.4 Å². The molecule has 0 aliphatic carbocycles. The number of alkyl halides is 4. The van der Waals surface area contributed by atoms with E-state index in [0.717, 1.165) is 6.07 Å². The molecule has 2 nitrogen and oxygen atoms in total. The van der Waals surface area contributed by atoms with Gasteiger partial charge in [0.25, 0.3) is 0 Å². The van der Waals surface area contributed by atoms with E-state index in [1.165, 1.54) is 36.4 Å². The summed E-state index contributed by atoms with van der Waals surface area (Å²) >= 11 is 5.56. The Bertz CT molecular complexity index is 692. The summed E-state index contributed by atoms with van der Waals surface area (Å²) in [6.45, 7) is 0. The summed E-state index contributed by atoms with van der Waals surface area (Å²) in [6.07, 6.45) is -4.55. The summed E-state index contributed by atoms with van der Waals surface area (Å²) in [5.41, 5.74) is -0.247. The van der Waals surface area contributed by atoms with E-state index in [9.17, 15) is 13.2 Å². The number of halogens is 4. The van der Waals surface area contributed by atoms with Crippen LogP contribution in [0.1, 0.15) is 16.7 Å². The fourth-order valence-electron chi connectivity index (χ4n) is 1.73. The fraction of sp³-hybridized carbons (Fsp3) is 0.133. The Kier molecular flexibility index (Phi) is 4.39. The first-order chi connectivity index (χ1) is 9.94. The van der Waals surface area contributed by atoms with Gasteiger partial charge in [0.1, 0.15) is 11.5 Å². The van der Waals surface area contributed by atoms with Gasteiger partial charge in [0.15, 0.2) is 0 Å². The van der Waals surface area contributed by atoms with Gasteiger partial charge >= 0.3 is 6.18 Å². The Morgan fingerprint density at radius 3 is 2.52 bits per heavy atom. The molecule has 2 rings (SSSR count). The van der Waals surface area contributed by atoms with Crippen molar-refractivity contribution in [1.82, 2.24) is 0 Å². The highest BCUT2D eigenvalue weighted by atomic mass is 35.5. The van der Waals surface area contributed by atoms with E-state index in [1.807, 2.05) is 6.07 Å². The zero-order chi connectivity index (χ0) is 15.5. The van der Waals surface area contributed by atoms with Crippen LogP contribution in [0.5, 0.6) is 11.5 Å². The molecule has 0 N–H and O–H groups in total. The zero-order valence-electron chi connectivity index (χ0n) is 10.6. The number of nitriles is 1. The molecular weight excluding hydrogens is 303 g/mol. The highest BCUT2D eigenvalue weighted by Gasteiger charge is 2.34. The lowest BCUT2D eigenvalue weighted by atomic mass is 10.1. The topological polar surface area (TPSA) is 33.0 Å². The quantitative estimate of drug-likeness (QED) is 0.738. The van der Waals surface area contributed by atoms with Crippen molar-refractivity contribution in [2.45, 2.75) is 12.1 Å². The average Bonchev–Trinajstić information content (AvgIpc) is 2.46. The fourth-order valence-corrected chi connectivity index (χ4v) is 1.89. The summed E-state index contributed by atoms with van der Waals surface area (Å²) in [5.74, 6) is -0.183. The van der Waals surface area contributed by atoms with E-state index in [-0.39, 0.29) is 17.4 Å². The van der Waals surface area contributed by atoms with Crippen molar-refractivity contribution in [2.24, 2.45) is 0 Å². The summed E-state index contributed by atoms with van der Waals surface area (Å²) in [5, 5.41) is 8.78. The first kappa shape index (κ1) is 15.2. The Labute approximate surface area is 124 Å². The molecule has 0 spiro atoms. The molecule has 0 radical (unpaired) electrons. The largest absolute Gasteiger partial charge is 0.457 e. The monoisotopic (exact) mass is 311 g/mol. The molecule has 0 saturated heterocycles. The van der Waals surface area contributed by atoms with Gasteiger partial charge in [-0.15, -0.1) is 11.6 Å². The van der Waals surface area contributed by atoms with Crippen LogP contribution in [-0.4, -0.2) is 0 Å². The molecule has 0 heterocycles. The van der Waals surface area contributed by atoms with Crippen molar-refractivity contribution >= 4 is 11.6 Å². The van der Waals surface area contributed by atoms with Crippen molar-refractivity contribution in [3.8, 4) is 17.6 Å². The lowest BCUT2D eigenvalue weighted by Crippen LogP contribution is -2.07. The molecule has 0 amide bonds. The molecule has 0 aliphatic rings. The number of hydrogen-bond donors (Lipinski definition) is 0. The maximum Gasteiger partial charge on any atom is 0.419 e. The third kappa shape index (κ3) is 3.67. The van der Waals surface area contributed by atoms with Gasteiger partial charge < -0.3 is 4.74 Å². The summed E-state index contributed by atoms with van der Waals surface area (Å²) < 4.78 is 44.4. The minimum Gasteiger partial charge on any atom is -0.457 e. The lowest BCUT2D eigenvalue weighted by Gasteiger charge is -2.14. The van der Waals surface area contributed by atoms with E-state index in [2.05, 4.69) is 0 Å². The predicted octanol–water partition coefficient (Wildman–Crippen LogP) is 5.11. The third-order valence-corrected chi connectivity index (χ3v) is 3.00. The minimum absolute atomic E-state index is 0.0206. The summed E-state index contributed by atoms with van der Waals surface area (Å²) in [7, 11) is 0. The number of hydrogen-bond acceptors (Lipinski definition) is 2. The maximum absolute atomic E-state index is 13.0. The Hall–Kier alpha value is -2.19. The van der Waals surface area contributed by atoms with E-state index >= 15 is 0 Å². The molecular formula is C15H9ClF3NO. The van der Waals surface area contributed by atoms with Gasteiger partial charge in [-0.3, -0.25) is 0 Å². The van der Waals surface area contributed by atoms with Gasteiger partial charge in [-0.1, -0.05) is 12.1 Å². The van der Waals surface area contributed by atoms with Crippen molar-refractivity contribution in [3.05, 3.63) is 59.2 Å². The van der Waals surface area contributed by atoms with Crippen LogP contribution in [0.2, 0.25) is 0 Å². The molecule has 2 aromatic rings. The standard InChI is InChI=1S/C15H9ClF3NO/c16-8-10-4-5-14(13(7-10)15(17,18)19)21-12-3-1-2-11(6-12)9-20/h1-7H,8H2. The van der Waals surface area contributed by atoms with Crippen LogP contribution in [0.25, 0.3) is 0 Å². The molecule has 6 heteroatoms. The van der Waals surface area contributed by atoms with Crippen LogP contribution in [0.3, 0.4) is 0 Å². The molecule has 0 fully saturated rings. The SMILES string of the molecule is N#Cc1cccc(Oc2ccc(CCl)cc2C(F)(F)F)c1. The molecule has 0 aliphatic heterocycles. The smallest absolute Gasteiger partial charge is 0.419 e. The van der Waals surface area contributed by atoms with Crippen molar-refractivity contribution in [3.63, 3.8) is 0 Å². The van der Waals surface area contributed by atoms with Crippen molar-refractivity contribution in [2.75, 3.05) is 0 Å². The van der Waals surface area contributed by atoms with Crippen LogP contribution >= 0.6 is 11.6 Å². The van der Waals surface area contributed by atoms with Crippen LogP contribution in [-0.2, 0) is 12.1 Å². The first-order valence-electron chi connectivity index (χ1n) is 5.88. The molecule has 0 saturated carbocycles. The summed E-state index contributed by atoms with van der Waals surface area (Å²) in [4.78, 5) is 0. The van der Waals surface area contributed by atoms with E-state index in [4.69, 9.17) is 21.6 Å². The Balaban J connectivity index is 2.41. The molecule has 0 unspecified atom stereocenters. The molecule has 21 heavy (non-hydrogen) atoms. The highest BCUT2D eigenvalue weighted by molar-refractivity contribution is 6.17. The van der Waals surface area contributed by atoms with Gasteiger partial charge in [0.05, 0.1) is 17.2 Å². The van der Waals surface area contributed by atoms with E-state index in [1.54, 1.807) is 0 Å². The number of ether oxygens (including phenoxy) is 1. The van der Waals surface area contributed by atoms with E-state index in [0.29, 0.717) is 11.1 Å². The average molecular weight is 312 g/mol. The Morgan fingerprint density at radius 2 is 1.90 bits per heavy atom. The van der Waals surface area contributed by atoms with Gasteiger partial charge in [-0.05, 0) is 35.9 Å². The van der Waals surface area contributed by atoms with Crippen LogP contribution in [0.4, 0.5) is 13.2 Å². The van der Waals surface area contributed by atoms with Crippen LogP contribution in [0.15, 0.2) is 42.5 Å². The third-order valence-electron chi connectivity index (χ3n) is 2.69. The predicted molar refractivity (Wildman–Crippen MR) is 72.2 cm³/mol. The molecule has 0 atom stereocenters. The molecule has 0 bridgehead atoms. The normalized spacial score (nSPS) is 11.0. The number of benzene rings is 2. The van der Waals surface area contributed by atoms with E-state index < -0.39 is 11.7 Å². The second-order valence-corrected chi connectivity index (χ2v) is 4.47. The minimum atomic E-state index is -4.55. The summed E-state index contributed by atoms with van der Waals surface area (Å²) in [6, 6.07) is 11.5. The number of nitrogens with zero attached hydrogens (tertiary/aromatic N) is 1. The Morgan fingerprint density at radius 1 is 1.14 bits per heavy atom. The second-order valence-electron chi connectivity index (χ2n) is 4.20. The van der Waals surface area contributed by atoms with Crippen molar-refractivity contribution < 1.29 is 17.9 Å². The van der Waals surface area contributed by atoms with Gasteiger partial charge in [0.2, 0.25) is 0 Å². The van der Waals surface area contributed by atoms with Crippen LogP contribution < -0.4 is 4.74 Å². The number of rotatable bonds is 3. The molecule has 0 aromatic heterocycles. The highest BCUT2D eigenvalue weighted by Crippen LogP contribution is 2.39. The molecule has 2 aromatic carbocycles. The lowest BCUT2D eigenvalue weighted by molar-refractivity contribution is -0.138. The van der Waals surface area contributed by atoms with Crippen LogP contribution in [0, 0.1) is 11.3 Å². The van der Waals surface area contributed by atoms with Crippen molar-refractivity contribution in [1.29, 1.82) is 5.26 Å². The second kappa shape index (κ2) is 6.06.